The third kappa shape index (κ3) is 2.38. The van der Waals surface area contributed by atoms with Crippen LogP contribution in [-0.4, -0.2) is 22.6 Å². The average molecular weight is 245 g/mol. The van der Waals surface area contributed by atoms with E-state index < -0.39 is 34.8 Å². The zero-order valence-electron chi connectivity index (χ0n) is 8.31. The molecule has 3 atom stereocenters. The van der Waals surface area contributed by atoms with Crippen LogP contribution in [0, 0.1) is 17.3 Å². The van der Waals surface area contributed by atoms with E-state index in [1.165, 1.54) is 0 Å². The van der Waals surface area contributed by atoms with Crippen LogP contribution >= 0.6 is 11.6 Å². The van der Waals surface area contributed by atoms with Crippen molar-refractivity contribution < 1.29 is 23.1 Å². The van der Waals surface area contributed by atoms with E-state index in [1.807, 2.05) is 0 Å². The van der Waals surface area contributed by atoms with Gasteiger partial charge in [0.2, 0.25) is 0 Å². The van der Waals surface area contributed by atoms with Gasteiger partial charge in [-0.1, -0.05) is 13.8 Å². The van der Waals surface area contributed by atoms with Gasteiger partial charge in [-0.15, -0.1) is 11.6 Å². The second-order valence-corrected chi connectivity index (χ2v) is 5.02. The molecule has 88 valence electrons. The summed E-state index contributed by atoms with van der Waals surface area (Å²) in [4.78, 5) is 10.7. The molecule has 1 aliphatic carbocycles. The Bertz CT molecular complexity index is 275. The van der Waals surface area contributed by atoms with Crippen molar-refractivity contribution in [1.29, 1.82) is 0 Å². The number of halogens is 4. The number of alkyl halides is 4. The van der Waals surface area contributed by atoms with E-state index >= 15 is 0 Å². The van der Waals surface area contributed by atoms with Crippen molar-refractivity contribution in [2.45, 2.75) is 31.8 Å². The summed E-state index contributed by atoms with van der Waals surface area (Å²) in [5.41, 5.74) is -0.579. The van der Waals surface area contributed by atoms with Gasteiger partial charge in [0.15, 0.2) is 0 Å². The molecule has 0 aliphatic heterocycles. The molecule has 0 aromatic heterocycles. The second kappa shape index (κ2) is 3.54. The van der Waals surface area contributed by atoms with Gasteiger partial charge in [0, 0.05) is 0 Å². The number of hydrogen-bond donors (Lipinski definition) is 1. The van der Waals surface area contributed by atoms with E-state index in [2.05, 4.69) is 0 Å². The van der Waals surface area contributed by atoms with Gasteiger partial charge in [-0.05, 0) is 17.8 Å². The molecule has 2 nitrogen and oxygen atoms in total. The lowest BCUT2D eigenvalue weighted by Gasteiger charge is -2.13. The molecule has 1 aliphatic rings. The molecule has 0 radical (unpaired) electrons. The van der Waals surface area contributed by atoms with E-state index in [-0.39, 0.29) is 6.42 Å². The van der Waals surface area contributed by atoms with E-state index in [9.17, 15) is 18.0 Å². The van der Waals surface area contributed by atoms with Crippen LogP contribution in [0.3, 0.4) is 0 Å². The van der Waals surface area contributed by atoms with Gasteiger partial charge in [0.05, 0.1) is 5.92 Å². The third-order valence-corrected chi connectivity index (χ3v) is 3.56. The van der Waals surface area contributed by atoms with Crippen molar-refractivity contribution in [2.75, 3.05) is 0 Å². The zero-order valence-corrected chi connectivity index (χ0v) is 9.06. The van der Waals surface area contributed by atoms with Gasteiger partial charge in [-0.25, -0.2) is 0 Å². The lowest BCUT2D eigenvalue weighted by Crippen LogP contribution is -2.24. The smallest absolute Gasteiger partial charge is 0.404 e. The maximum Gasteiger partial charge on any atom is 0.404 e. The largest absolute Gasteiger partial charge is 0.481 e. The lowest BCUT2D eigenvalue weighted by atomic mass is 10.1. The normalized spacial score (nSPS) is 31.1. The first kappa shape index (κ1) is 12.6. The number of aliphatic carboxylic acids is 1. The molecule has 15 heavy (non-hydrogen) atoms. The molecule has 1 saturated carbocycles. The first-order valence-corrected chi connectivity index (χ1v) is 4.95. The van der Waals surface area contributed by atoms with Gasteiger partial charge in [-0.2, -0.15) is 13.2 Å². The van der Waals surface area contributed by atoms with Crippen LogP contribution in [0.5, 0.6) is 0 Å². The summed E-state index contributed by atoms with van der Waals surface area (Å²) < 4.78 is 36.4. The van der Waals surface area contributed by atoms with Crippen LogP contribution in [0.4, 0.5) is 13.2 Å². The van der Waals surface area contributed by atoms with E-state index in [1.54, 1.807) is 13.8 Å². The highest BCUT2D eigenvalue weighted by Crippen LogP contribution is 2.61. The summed E-state index contributed by atoms with van der Waals surface area (Å²) in [7, 11) is 0. The highest BCUT2D eigenvalue weighted by Gasteiger charge is 2.63. The lowest BCUT2D eigenvalue weighted by molar-refractivity contribution is -0.141. The molecule has 0 heterocycles. The Morgan fingerprint density at radius 1 is 1.53 bits per heavy atom. The number of carboxylic acids is 1. The van der Waals surface area contributed by atoms with Crippen molar-refractivity contribution in [3.8, 4) is 0 Å². The molecule has 0 amide bonds. The first-order chi connectivity index (χ1) is 6.58. The van der Waals surface area contributed by atoms with Crippen molar-refractivity contribution in [3.05, 3.63) is 0 Å². The zero-order chi connectivity index (χ0) is 12.0. The molecule has 0 aromatic rings. The quantitative estimate of drug-likeness (QED) is 0.775. The molecular weight excluding hydrogens is 233 g/mol. The Balaban J connectivity index is 2.59. The van der Waals surface area contributed by atoms with Crippen LogP contribution in [0.15, 0.2) is 0 Å². The van der Waals surface area contributed by atoms with Crippen LogP contribution < -0.4 is 0 Å². The first-order valence-electron chi connectivity index (χ1n) is 4.52. The fourth-order valence-electron chi connectivity index (χ4n) is 2.03. The summed E-state index contributed by atoms with van der Waals surface area (Å²) in [5.74, 6) is -2.24. The minimum atomic E-state index is -4.46. The molecule has 0 saturated heterocycles. The number of rotatable bonds is 3. The monoisotopic (exact) mass is 244 g/mol. The molecule has 1 unspecified atom stereocenters. The highest BCUT2D eigenvalue weighted by atomic mass is 35.5. The topological polar surface area (TPSA) is 37.3 Å². The molecule has 0 bridgehead atoms. The van der Waals surface area contributed by atoms with E-state index in [0.717, 1.165) is 0 Å². The van der Waals surface area contributed by atoms with Gasteiger partial charge >= 0.3 is 12.1 Å². The van der Waals surface area contributed by atoms with Crippen LogP contribution in [0.2, 0.25) is 0 Å². The third-order valence-electron chi connectivity index (χ3n) is 3.13. The summed E-state index contributed by atoms with van der Waals surface area (Å²) in [6, 6.07) is 0. The van der Waals surface area contributed by atoms with Crippen LogP contribution in [-0.2, 0) is 4.79 Å². The number of carbonyl (C=O) groups is 1. The van der Waals surface area contributed by atoms with Gasteiger partial charge < -0.3 is 5.11 Å². The Morgan fingerprint density at radius 3 is 2.27 bits per heavy atom. The maximum atomic E-state index is 12.1. The Kier molecular flexibility index (Phi) is 2.98. The van der Waals surface area contributed by atoms with Crippen molar-refractivity contribution >= 4 is 17.6 Å². The molecule has 1 fully saturated rings. The van der Waals surface area contributed by atoms with Crippen molar-refractivity contribution in [1.82, 2.24) is 0 Å². The average Bonchev–Trinajstić information content (AvgIpc) is 2.50. The molecule has 1 N–H and O–H groups in total. The Hall–Kier alpha value is -0.450. The van der Waals surface area contributed by atoms with Crippen molar-refractivity contribution in [2.24, 2.45) is 17.3 Å². The predicted molar refractivity (Wildman–Crippen MR) is 48.7 cm³/mol. The SMILES string of the molecule is CC1(C)[C@H](CC(Cl)C(F)(F)F)[C@H]1C(=O)O. The fraction of sp³-hybridized carbons (Fsp3) is 0.889. The predicted octanol–water partition coefficient (Wildman–Crippen LogP) is 2.90. The maximum absolute atomic E-state index is 12.1. The molecule has 6 heteroatoms. The molecule has 0 spiro atoms. The Labute approximate surface area is 90.4 Å². The fourth-order valence-corrected chi connectivity index (χ4v) is 2.22. The number of carboxylic acid groups (broad SMARTS) is 1. The minimum Gasteiger partial charge on any atom is -0.481 e. The molecule has 1 rings (SSSR count). The van der Waals surface area contributed by atoms with Crippen LogP contribution in [0.1, 0.15) is 20.3 Å². The Morgan fingerprint density at radius 2 is 2.00 bits per heavy atom. The van der Waals surface area contributed by atoms with Crippen LogP contribution in [0.25, 0.3) is 0 Å². The summed E-state index contributed by atoms with van der Waals surface area (Å²) in [5, 5.41) is 6.80. The molecule has 0 aromatic carbocycles. The summed E-state index contributed by atoms with van der Waals surface area (Å²) in [6.07, 6.45) is -4.78. The van der Waals surface area contributed by atoms with Gasteiger partial charge in [0.1, 0.15) is 5.38 Å². The van der Waals surface area contributed by atoms with E-state index in [0.29, 0.717) is 0 Å². The minimum absolute atomic E-state index is 0.324. The van der Waals surface area contributed by atoms with Crippen molar-refractivity contribution in [3.63, 3.8) is 0 Å². The molecular formula is C9H12ClF3O2. The highest BCUT2D eigenvalue weighted by molar-refractivity contribution is 6.21. The summed E-state index contributed by atoms with van der Waals surface area (Å²) >= 11 is 5.17. The van der Waals surface area contributed by atoms with Gasteiger partial charge in [0.25, 0.3) is 0 Å². The van der Waals surface area contributed by atoms with Gasteiger partial charge in [-0.3, -0.25) is 4.79 Å². The standard InChI is InChI=1S/C9H12ClF3O2/c1-8(2)4(6(8)7(14)15)3-5(10)9(11,12)13/h4-6H,3H2,1-2H3,(H,14,15)/t4-,5?,6+/m1/s1. The summed E-state index contributed by atoms with van der Waals surface area (Å²) in [6.45, 7) is 3.30. The number of hydrogen-bond acceptors (Lipinski definition) is 1. The second-order valence-electron chi connectivity index (χ2n) is 4.49. The van der Waals surface area contributed by atoms with E-state index in [4.69, 9.17) is 16.7 Å².